The first-order valence-electron chi connectivity index (χ1n) is 3.81. The van der Waals surface area contributed by atoms with Gasteiger partial charge in [0, 0.05) is 5.56 Å². The minimum Gasteiger partial charge on any atom is -0.334 e. The van der Waals surface area contributed by atoms with Crippen LogP contribution in [-0.2, 0) is 5.67 Å². The Balaban J connectivity index is 3.23. The third-order valence-electron chi connectivity index (χ3n) is 1.94. The Morgan fingerprint density at radius 2 is 1.64 bits per heavy atom. The van der Waals surface area contributed by atoms with Crippen LogP contribution >= 0.6 is 0 Å². The molecule has 0 aliphatic heterocycles. The first-order chi connectivity index (χ1) is 6.27. The van der Waals surface area contributed by atoms with Crippen LogP contribution in [0.3, 0.4) is 0 Å². The summed E-state index contributed by atoms with van der Waals surface area (Å²) in [6.45, 7) is 0.422. The monoisotopic (exact) mass is 208 g/mol. The zero-order valence-corrected chi connectivity index (χ0v) is 7.27. The number of halogens is 4. The molecule has 1 atom stereocenters. The number of rotatable bonds is 2. The smallest absolute Gasteiger partial charge is 0.334 e. The van der Waals surface area contributed by atoms with Gasteiger partial charge < -0.3 is 5.11 Å². The molecule has 78 valence electrons. The molecule has 0 aliphatic rings. The topological polar surface area (TPSA) is 20.2 Å². The number of aliphatic hydroxyl groups is 1. The van der Waals surface area contributed by atoms with Crippen molar-refractivity contribution in [1.82, 2.24) is 0 Å². The highest BCUT2D eigenvalue weighted by molar-refractivity contribution is 5.25. The third kappa shape index (κ3) is 1.72. The van der Waals surface area contributed by atoms with Gasteiger partial charge in [0.15, 0.2) is 0 Å². The summed E-state index contributed by atoms with van der Waals surface area (Å²) in [6, 6.07) is 4.16. The molecule has 0 spiro atoms. The maximum Gasteiger partial charge on any atom is 0.391 e. The summed E-state index contributed by atoms with van der Waals surface area (Å²) in [7, 11) is 0. The van der Waals surface area contributed by atoms with E-state index in [2.05, 4.69) is 0 Å². The zero-order chi connectivity index (χ0) is 11.0. The van der Waals surface area contributed by atoms with Crippen LogP contribution in [0.1, 0.15) is 12.5 Å². The van der Waals surface area contributed by atoms with E-state index in [1.165, 1.54) is 12.1 Å². The second-order valence-electron chi connectivity index (χ2n) is 3.02. The minimum atomic E-state index is -4.62. The van der Waals surface area contributed by atoms with Gasteiger partial charge in [0.25, 0.3) is 0 Å². The van der Waals surface area contributed by atoms with E-state index in [-0.39, 0.29) is 0 Å². The van der Waals surface area contributed by atoms with E-state index in [1.54, 1.807) is 0 Å². The van der Waals surface area contributed by atoms with Crippen LogP contribution in [0.15, 0.2) is 24.3 Å². The molecule has 0 heterocycles. The largest absolute Gasteiger partial charge is 0.391 e. The van der Waals surface area contributed by atoms with Gasteiger partial charge in [0.05, 0.1) is 0 Å². The molecular weight excluding hydrogens is 200 g/mol. The van der Waals surface area contributed by atoms with Gasteiger partial charge in [-0.2, -0.15) is 8.78 Å². The van der Waals surface area contributed by atoms with E-state index in [0.717, 1.165) is 12.1 Å². The average molecular weight is 208 g/mol. The number of benzene rings is 1. The van der Waals surface area contributed by atoms with Crippen molar-refractivity contribution < 1.29 is 22.7 Å². The fraction of sp³-hybridized carbons (Fsp3) is 0.333. The molecule has 1 N–H and O–H groups in total. The van der Waals surface area contributed by atoms with Crippen LogP contribution in [0.25, 0.3) is 0 Å². The van der Waals surface area contributed by atoms with E-state index in [9.17, 15) is 17.6 Å². The second kappa shape index (κ2) is 3.24. The molecule has 1 aromatic rings. The summed E-state index contributed by atoms with van der Waals surface area (Å²) < 4.78 is 51.0. The average Bonchev–Trinajstić information content (AvgIpc) is 2.02. The Morgan fingerprint density at radius 1 is 1.14 bits per heavy atom. The van der Waals surface area contributed by atoms with Crippen molar-refractivity contribution in [3.8, 4) is 0 Å². The Kier molecular flexibility index (Phi) is 2.54. The van der Waals surface area contributed by atoms with Gasteiger partial charge in [-0.25, -0.2) is 8.78 Å². The predicted molar refractivity (Wildman–Crippen MR) is 42.0 cm³/mol. The van der Waals surface area contributed by atoms with Gasteiger partial charge in [0.1, 0.15) is 5.82 Å². The SMILES string of the molecule is CC(F)(c1ccccc1F)C(O)(F)F. The van der Waals surface area contributed by atoms with Crippen molar-refractivity contribution in [2.75, 3.05) is 0 Å². The van der Waals surface area contributed by atoms with E-state index in [4.69, 9.17) is 5.11 Å². The first kappa shape index (κ1) is 11.0. The lowest BCUT2D eigenvalue weighted by molar-refractivity contribution is -0.282. The Bertz CT molecular complexity index is 330. The Labute approximate surface area is 78.0 Å². The minimum absolute atomic E-state index is 0.422. The van der Waals surface area contributed by atoms with Gasteiger partial charge in [-0.05, 0) is 13.0 Å². The molecule has 1 aromatic carbocycles. The molecule has 0 aromatic heterocycles. The number of hydrogen-bond acceptors (Lipinski definition) is 1. The highest BCUT2D eigenvalue weighted by Gasteiger charge is 2.52. The van der Waals surface area contributed by atoms with Crippen molar-refractivity contribution in [3.05, 3.63) is 35.6 Å². The highest BCUT2D eigenvalue weighted by Crippen LogP contribution is 2.39. The van der Waals surface area contributed by atoms with Crippen molar-refractivity contribution in [1.29, 1.82) is 0 Å². The molecule has 0 aliphatic carbocycles. The van der Waals surface area contributed by atoms with Crippen LogP contribution in [0.2, 0.25) is 0 Å². The molecule has 1 rings (SSSR count). The second-order valence-corrected chi connectivity index (χ2v) is 3.02. The van der Waals surface area contributed by atoms with E-state index < -0.39 is 23.2 Å². The highest BCUT2D eigenvalue weighted by atomic mass is 19.3. The molecule has 0 saturated heterocycles. The first-order valence-corrected chi connectivity index (χ1v) is 3.81. The Hall–Kier alpha value is -1.10. The maximum atomic E-state index is 13.4. The van der Waals surface area contributed by atoms with Crippen LogP contribution in [0.4, 0.5) is 17.6 Å². The molecule has 0 saturated carbocycles. The van der Waals surface area contributed by atoms with E-state index >= 15 is 0 Å². The fourth-order valence-electron chi connectivity index (χ4n) is 1.00. The summed E-state index contributed by atoms with van der Waals surface area (Å²) in [5.74, 6) is -1.12. The normalized spacial score (nSPS) is 16.4. The molecule has 5 heteroatoms. The predicted octanol–water partition coefficient (Wildman–Crippen LogP) is 2.60. The van der Waals surface area contributed by atoms with Crippen molar-refractivity contribution in [2.45, 2.75) is 18.7 Å². The molecule has 1 unspecified atom stereocenters. The summed E-state index contributed by atoms with van der Waals surface area (Å²) in [5.41, 5.74) is -4.30. The van der Waals surface area contributed by atoms with Gasteiger partial charge in [-0.15, -0.1) is 0 Å². The van der Waals surface area contributed by atoms with Crippen molar-refractivity contribution >= 4 is 0 Å². The maximum absolute atomic E-state index is 13.4. The molecular formula is C9H8F4O. The van der Waals surface area contributed by atoms with Crippen molar-refractivity contribution in [2.24, 2.45) is 0 Å². The van der Waals surface area contributed by atoms with Crippen LogP contribution < -0.4 is 0 Å². The molecule has 0 bridgehead atoms. The summed E-state index contributed by atoms with van der Waals surface area (Å²) >= 11 is 0. The van der Waals surface area contributed by atoms with Gasteiger partial charge in [-0.1, -0.05) is 18.2 Å². The number of hydrogen-bond donors (Lipinski definition) is 1. The third-order valence-corrected chi connectivity index (χ3v) is 1.94. The molecule has 14 heavy (non-hydrogen) atoms. The van der Waals surface area contributed by atoms with Gasteiger partial charge in [0.2, 0.25) is 5.67 Å². The molecule has 0 radical (unpaired) electrons. The summed E-state index contributed by atoms with van der Waals surface area (Å²) in [4.78, 5) is 0. The summed E-state index contributed by atoms with van der Waals surface area (Å²) in [5, 5.41) is 8.25. The lowest BCUT2D eigenvalue weighted by atomic mass is 9.96. The molecule has 0 amide bonds. The Morgan fingerprint density at radius 3 is 2.07 bits per heavy atom. The number of alkyl halides is 3. The van der Waals surface area contributed by atoms with Gasteiger partial charge in [-0.3, -0.25) is 0 Å². The molecule has 0 fully saturated rings. The van der Waals surface area contributed by atoms with Gasteiger partial charge >= 0.3 is 6.11 Å². The van der Waals surface area contributed by atoms with Crippen molar-refractivity contribution in [3.63, 3.8) is 0 Å². The zero-order valence-electron chi connectivity index (χ0n) is 7.27. The molecule has 1 nitrogen and oxygen atoms in total. The lowest BCUT2D eigenvalue weighted by Gasteiger charge is -2.25. The quantitative estimate of drug-likeness (QED) is 0.740. The lowest BCUT2D eigenvalue weighted by Crippen LogP contribution is -2.39. The van der Waals surface area contributed by atoms with E-state index in [0.29, 0.717) is 6.92 Å². The summed E-state index contributed by atoms with van der Waals surface area (Å²) in [6.07, 6.45) is -4.62. The fourth-order valence-corrected chi connectivity index (χ4v) is 1.00. The van der Waals surface area contributed by atoms with Crippen LogP contribution in [0.5, 0.6) is 0 Å². The standard InChI is InChI=1S/C9H8F4O/c1-8(11,9(12,13)14)6-4-2-3-5-7(6)10/h2-5,14H,1H3. The van der Waals surface area contributed by atoms with Crippen LogP contribution in [0, 0.1) is 5.82 Å². The van der Waals surface area contributed by atoms with Crippen LogP contribution in [-0.4, -0.2) is 11.2 Å². The van der Waals surface area contributed by atoms with E-state index in [1.807, 2.05) is 0 Å².